The number of halogens is 2. The van der Waals surface area contributed by atoms with Crippen molar-refractivity contribution < 1.29 is 18.7 Å². The molecule has 0 radical (unpaired) electrons. The van der Waals surface area contributed by atoms with E-state index in [1.54, 1.807) is 24.3 Å². The topological polar surface area (TPSA) is 64.6 Å². The molecule has 2 rings (SSSR count). The maximum Gasteiger partial charge on any atom is 0.319 e. The van der Waals surface area contributed by atoms with E-state index in [2.05, 4.69) is 15.5 Å². The van der Waals surface area contributed by atoms with Crippen LogP contribution in [0, 0.1) is 0 Å². The summed E-state index contributed by atoms with van der Waals surface area (Å²) in [5, 5.41) is 14.6. The van der Waals surface area contributed by atoms with Gasteiger partial charge in [-0.3, -0.25) is 4.90 Å². The number of likely N-dealkylation sites (tertiary alicyclic amines) is 1. The van der Waals surface area contributed by atoms with Crippen molar-refractivity contribution in [1.29, 1.82) is 0 Å². The molecule has 0 saturated carbocycles. The van der Waals surface area contributed by atoms with E-state index >= 15 is 0 Å². The molecule has 25 heavy (non-hydrogen) atoms. The van der Waals surface area contributed by atoms with Gasteiger partial charge in [0.2, 0.25) is 0 Å². The second-order valence-electron chi connectivity index (χ2n) is 5.98. The molecule has 1 aromatic carbocycles. The zero-order chi connectivity index (χ0) is 18.1. The molecule has 2 amide bonds. The van der Waals surface area contributed by atoms with E-state index in [1.165, 1.54) is 0 Å². The van der Waals surface area contributed by atoms with E-state index in [1.807, 2.05) is 0 Å². The van der Waals surface area contributed by atoms with E-state index < -0.39 is 11.8 Å². The highest BCUT2D eigenvalue weighted by atomic mass is 32.2. The lowest BCUT2D eigenvalue weighted by Gasteiger charge is -2.22. The summed E-state index contributed by atoms with van der Waals surface area (Å²) in [6, 6.07) is 6.40. The third-order valence-corrected chi connectivity index (χ3v) is 5.01. The third kappa shape index (κ3) is 6.80. The molecule has 3 N–H and O–H groups in total. The summed E-state index contributed by atoms with van der Waals surface area (Å²) in [5.74, 6) is -2.53. The highest BCUT2D eigenvalue weighted by Crippen LogP contribution is 2.31. The number of para-hydroxylation sites is 1. The molecule has 8 heteroatoms. The van der Waals surface area contributed by atoms with E-state index in [0.717, 1.165) is 38.8 Å². The molecule has 1 aliphatic heterocycles. The molecule has 1 atom stereocenters. The normalized spacial score (nSPS) is 17.8. The number of hydrogen-bond donors (Lipinski definition) is 3. The molecule has 1 unspecified atom stereocenters. The minimum absolute atomic E-state index is 0.205. The number of unbranched alkanes of at least 4 members (excludes halogenated alkanes) is 1. The molecule has 1 aromatic rings. The van der Waals surface area contributed by atoms with Gasteiger partial charge in [-0.2, -0.15) is 8.78 Å². The highest BCUT2D eigenvalue weighted by Gasteiger charge is 2.22. The average molecular weight is 373 g/mol. The number of nitrogens with one attached hydrogen (secondary N) is 2. The van der Waals surface area contributed by atoms with Crippen LogP contribution in [0.4, 0.5) is 19.3 Å². The number of aliphatic hydroxyl groups is 1. The summed E-state index contributed by atoms with van der Waals surface area (Å²) in [7, 11) is 0. The highest BCUT2D eigenvalue weighted by molar-refractivity contribution is 7.99. The number of hydrogen-bond acceptors (Lipinski definition) is 4. The molecule has 0 spiro atoms. The number of carbonyl (C=O) groups excluding carboxylic acids is 1. The Balaban J connectivity index is 1.66. The van der Waals surface area contributed by atoms with Crippen molar-refractivity contribution in [3.05, 3.63) is 24.3 Å². The molecule has 0 aliphatic carbocycles. The molecule has 0 aromatic heterocycles. The maximum absolute atomic E-state index is 12.5. The molecule has 1 fully saturated rings. The molecule has 1 heterocycles. The second kappa shape index (κ2) is 10.6. The first-order valence-corrected chi connectivity index (χ1v) is 9.41. The first-order chi connectivity index (χ1) is 12.1. The van der Waals surface area contributed by atoms with Crippen LogP contribution in [0.2, 0.25) is 0 Å². The van der Waals surface area contributed by atoms with Gasteiger partial charge in [0, 0.05) is 17.5 Å². The largest absolute Gasteiger partial charge is 0.395 e. The summed E-state index contributed by atoms with van der Waals surface area (Å²) in [5.41, 5.74) is 0.383. The quantitative estimate of drug-likeness (QED) is 0.459. The molecule has 140 valence electrons. The lowest BCUT2D eigenvalue weighted by molar-refractivity contribution is 0.157. The number of carbonyl (C=O) groups is 1. The summed E-state index contributed by atoms with van der Waals surface area (Å²) < 4.78 is 25.0. The molecular formula is C17H25F2N3O2S. The van der Waals surface area contributed by atoms with Gasteiger partial charge in [-0.05, 0) is 50.9 Å². The fourth-order valence-electron chi connectivity index (χ4n) is 2.97. The minimum Gasteiger partial charge on any atom is -0.395 e. The predicted molar refractivity (Wildman–Crippen MR) is 96.2 cm³/mol. The van der Waals surface area contributed by atoms with Gasteiger partial charge in [0.25, 0.3) is 5.76 Å². The van der Waals surface area contributed by atoms with Gasteiger partial charge in [0.05, 0.1) is 12.3 Å². The van der Waals surface area contributed by atoms with Crippen LogP contribution in [0.5, 0.6) is 0 Å². The van der Waals surface area contributed by atoms with E-state index in [0.29, 0.717) is 28.9 Å². The van der Waals surface area contributed by atoms with Crippen LogP contribution in [-0.2, 0) is 0 Å². The van der Waals surface area contributed by atoms with Crippen LogP contribution in [0.25, 0.3) is 0 Å². The van der Waals surface area contributed by atoms with E-state index in [-0.39, 0.29) is 12.6 Å². The van der Waals surface area contributed by atoms with Crippen molar-refractivity contribution in [3.8, 4) is 0 Å². The van der Waals surface area contributed by atoms with Gasteiger partial charge >= 0.3 is 6.03 Å². The summed E-state index contributed by atoms with van der Waals surface area (Å²) in [4.78, 5) is 14.5. The van der Waals surface area contributed by atoms with Gasteiger partial charge in [-0.1, -0.05) is 23.9 Å². The number of rotatable bonds is 9. The summed E-state index contributed by atoms with van der Waals surface area (Å²) in [6.45, 7) is 2.67. The van der Waals surface area contributed by atoms with Crippen molar-refractivity contribution >= 4 is 23.5 Å². The van der Waals surface area contributed by atoms with E-state index in [9.17, 15) is 18.7 Å². The van der Waals surface area contributed by atoms with Crippen LogP contribution in [0.1, 0.15) is 25.7 Å². The monoisotopic (exact) mass is 373 g/mol. The zero-order valence-electron chi connectivity index (χ0n) is 14.1. The van der Waals surface area contributed by atoms with Gasteiger partial charge < -0.3 is 15.7 Å². The number of nitrogens with zero attached hydrogens (tertiary/aromatic N) is 1. The Hall–Kier alpha value is -1.38. The van der Waals surface area contributed by atoms with Crippen LogP contribution in [0.3, 0.4) is 0 Å². The Kier molecular flexibility index (Phi) is 8.43. The molecule has 5 nitrogen and oxygen atoms in total. The number of aliphatic hydroxyl groups excluding tert-OH is 1. The van der Waals surface area contributed by atoms with Gasteiger partial charge in [-0.25, -0.2) is 4.79 Å². The Morgan fingerprint density at radius 3 is 2.92 bits per heavy atom. The number of anilines is 1. The van der Waals surface area contributed by atoms with Crippen molar-refractivity contribution in [2.24, 2.45) is 0 Å². The Morgan fingerprint density at radius 1 is 1.36 bits per heavy atom. The third-order valence-electron chi connectivity index (χ3n) is 4.22. The van der Waals surface area contributed by atoms with Crippen molar-refractivity contribution in [2.45, 2.75) is 42.4 Å². The second-order valence-corrected chi connectivity index (χ2v) is 7.01. The zero-order valence-corrected chi connectivity index (χ0v) is 14.9. The lowest BCUT2D eigenvalue weighted by Crippen LogP contribution is -2.34. The van der Waals surface area contributed by atoms with Crippen LogP contribution >= 0.6 is 11.8 Å². The molecule has 0 bridgehead atoms. The lowest BCUT2D eigenvalue weighted by atomic mass is 10.2. The SMILES string of the molecule is O=C(NCCCCN1CCCC1CO)Nc1ccccc1SC(F)F. The first kappa shape index (κ1) is 19.9. The number of amides is 2. The molecule has 1 saturated heterocycles. The maximum atomic E-state index is 12.5. The van der Waals surface area contributed by atoms with Crippen LogP contribution < -0.4 is 10.6 Å². The van der Waals surface area contributed by atoms with Crippen LogP contribution in [0.15, 0.2) is 29.2 Å². The van der Waals surface area contributed by atoms with E-state index in [4.69, 9.17) is 0 Å². The van der Waals surface area contributed by atoms with Gasteiger partial charge in [-0.15, -0.1) is 0 Å². The smallest absolute Gasteiger partial charge is 0.319 e. The number of thioether (sulfide) groups is 1. The average Bonchev–Trinajstić information content (AvgIpc) is 3.03. The number of alkyl halides is 2. The standard InChI is InChI=1S/C17H25F2N3O2S/c18-16(19)25-15-8-2-1-7-14(15)21-17(24)20-9-3-4-10-22-11-5-6-13(22)12-23/h1-2,7-8,13,16,23H,3-6,9-12H2,(H2,20,21,24). The first-order valence-electron chi connectivity index (χ1n) is 8.53. The minimum atomic E-state index is -2.53. The van der Waals surface area contributed by atoms with Gasteiger partial charge in [0.1, 0.15) is 0 Å². The number of urea groups is 1. The Bertz CT molecular complexity index is 548. The number of benzene rings is 1. The predicted octanol–water partition coefficient (Wildman–Crippen LogP) is 3.36. The van der Waals surface area contributed by atoms with Crippen molar-refractivity contribution in [3.63, 3.8) is 0 Å². The Labute approximate surface area is 151 Å². The van der Waals surface area contributed by atoms with Crippen molar-refractivity contribution in [1.82, 2.24) is 10.2 Å². The molecule has 1 aliphatic rings. The fourth-order valence-corrected chi connectivity index (χ4v) is 3.57. The van der Waals surface area contributed by atoms with Crippen molar-refractivity contribution in [2.75, 3.05) is 31.6 Å². The summed E-state index contributed by atoms with van der Waals surface area (Å²) in [6.07, 6.45) is 3.94. The Morgan fingerprint density at radius 2 is 2.16 bits per heavy atom. The van der Waals surface area contributed by atoms with Gasteiger partial charge in [0.15, 0.2) is 0 Å². The molecular weight excluding hydrogens is 348 g/mol. The fraction of sp³-hybridized carbons (Fsp3) is 0.588. The van der Waals surface area contributed by atoms with Crippen LogP contribution in [-0.4, -0.2) is 54.1 Å². The summed E-state index contributed by atoms with van der Waals surface area (Å²) >= 11 is 0.414.